The van der Waals surface area contributed by atoms with Crippen molar-refractivity contribution in [3.63, 3.8) is 0 Å². The van der Waals surface area contributed by atoms with E-state index in [0.717, 1.165) is 19.5 Å². The van der Waals surface area contributed by atoms with Crippen LogP contribution in [0.15, 0.2) is 0 Å². The predicted molar refractivity (Wildman–Crippen MR) is 68.7 cm³/mol. The normalized spacial score (nSPS) is 15.4. The van der Waals surface area contributed by atoms with E-state index in [4.69, 9.17) is 4.74 Å². The minimum atomic E-state index is -0.356. The number of hydrogen-bond acceptors (Lipinski definition) is 3. The third-order valence-corrected chi connectivity index (χ3v) is 2.97. The highest BCUT2D eigenvalue weighted by atomic mass is 16.5. The topological polar surface area (TPSA) is 32.7 Å². The first-order valence-corrected chi connectivity index (χ1v) is 6.65. The van der Waals surface area contributed by atoms with Crippen molar-refractivity contribution < 1.29 is 9.84 Å². The Morgan fingerprint density at radius 2 is 1.94 bits per heavy atom. The van der Waals surface area contributed by atoms with E-state index < -0.39 is 0 Å². The first-order valence-electron chi connectivity index (χ1n) is 6.65. The molecule has 16 heavy (non-hydrogen) atoms. The first kappa shape index (κ1) is 15.9. The fourth-order valence-electron chi connectivity index (χ4n) is 1.69. The van der Waals surface area contributed by atoms with Crippen LogP contribution in [0.4, 0.5) is 0 Å². The predicted octanol–water partition coefficient (Wildman–Crippen LogP) is 2.28. The fraction of sp³-hybridized carbons (Fsp3) is 1.00. The highest BCUT2D eigenvalue weighted by molar-refractivity contribution is 4.70. The minimum absolute atomic E-state index is 0.356. The van der Waals surface area contributed by atoms with Gasteiger partial charge in [-0.1, -0.05) is 20.3 Å². The molecular formula is C13H29NO2. The van der Waals surface area contributed by atoms with E-state index in [-0.39, 0.29) is 6.10 Å². The van der Waals surface area contributed by atoms with Gasteiger partial charge in [0, 0.05) is 19.2 Å². The average molecular weight is 231 g/mol. The zero-order valence-electron chi connectivity index (χ0n) is 11.4. The van der Waals surface area contributed by atoms with Gasteiger partial charge in [-0.25, -0.2) is 0 Å². The molecule has 0 aliphatic heterocycles. The van der Waals surface area contributed by atoms with Gasteiger partial charge in [0.15, 0.2) is 0 Å². The Balaban J connectivity index is 3.97. The quantitative estimate of drug-likeness (QED) is 0.626. The maximum atomic E-state index is 9.83. The third-order valence-electron chi connectivity index (χ3n) is 2.97. The summed E-state index contributed by atoms with van der Waals surface area (Å²) in [5.74, 6) is 0. The van der Waals surface area contributed by atoms with Crippen molar-refractivity contribution in [2.24, 2.45) is 0 Å². The maximum absolute atomic E-state index is 9.83. The molecule has 0 aliphatic carbocycles. The van der Waals surface area contributed by atoms with Gasteiger partial charge >= 0.3 is 0 Å². The summed E-state index contributed by atoms with van der Waals surface area (Å²) in [5.41, 5.74) is 0. The molecule has 0 bridgehead atoms. The van der Waals surface area contributed by atoms with Gasteiger partial charge < -0.3 is 9.84 Å². The second kappa shape index (κ2) is 10.1. The van der Waals surface area contributed by atoms with Crippen LogP contribution >= 0.6 is 0 Å². The number of ether oxygens (including phenoxy) is 1. The van der Waals surface area contributed by atoms with Crippen LogP contribution in [0.25, 0.3) is 0 Å². The monoisotopic (exact) mass is 231 g/mol. The Morgan fingerprint density at radius 1 is 1.25 bits per heavy atom. The van der Waals surface area contributed by atoms with E-state index in [1.807, 2.05) is 6.92 Å². The molecule has 0 spiro atoms. The summed E-state index contributed by atoms with van der Waals surface area (Å²) in [6.45, 7) is 11.5. The summed E-state index contributed by atoms with van der Waals surface area (Å²) in [6, 6.07) is 0.544. The van der Waals surface area contributed by atoms with Crippen LogP contribution in [0, 0.1) is 0 Å². The lowest BCUT2D eigenvalue weighted by atomic mass is 10.2. The molecule has 0 radical (unpaired) electrons. The van der Waals surface area contributed by atoms with Crippen molar-refractivity contribution in [2.45, 2.75) is 59.1 Å². The fourth-order valence-corrected chi connectivity index (χ4v) is 1.69. The van der Waals surface area contributed by atoms with Gasteiger partial charge in [0.05, 0.1) is 12.7 Å². The van der Waals surface area contributed by atoms with E-state index in [1.54, 1.807) is 0 Å². The molecule has 0 aromatic carbocycles. The molecular weight excluding hydrogens is 202 g/mol. The van der Waals surface area contributed by atoms with E-state index in [1.165, 1.54) is 12.8 Å². The molecule has 0 aromatic heterocycles. The second-order valence-corrected chi connectivity index (χ2v) is 4.42. The Morgan fingerprint density at radius 3 is 2.44 bits per heavy atom. The lowest BCUT2D eigenvalue weighted by Crippen LogP contribution is -2.40. The zero-order valence-corrected chi connectivity index (χ0v) is 11.4. The molecule has 2 unspecified atom stereocenters. The molecule has 2 atom stereocenters. The molecule has 3 heteroatoms. The van der Waals surface area contributed by atoms with Gasteiger partial charge in [-0.05, 0) is 33.2 Å². The van der Waals surface area contributed by atoms with Gasteiger partial charge in [-0.15, -0.1) is 0 Å². The van der Waals surface area contributed by atoms with Crippen molar-refractivity contribution in [3.8, 4) is 0 Å². The molecule has 1 N–H and O–H groups in total. The van der Waals surface area contributed by atoms with Crippen molar-refractivity contribution in [2.75, 3.05) is 26.3 Å². The molecule has 0 amide bonds. The standard InChI is InChI=1S/C13H29NO2/c1-5-8-9-14(12(4)6-2)10-13(15)11-16-7-3/h12-13,15H,5-11H2,1-4H3. The number of rotatable bonds is 10. The van der Waals surface area contributed by atoms with E-state index in [9.17, 15) is 5.11 Å². The maximum Gasteiger partial charge on any atom is 0.0900 e. The Hall–Kier alpha value is -0.120. The van der Waals surface area contributed by atoms with Crippen LogP contribution in [0.5, 0.6) is 0 Å². The molecule has 0 heterocycles. The number of unbranched alkanes of at least 4 members (excludes halogenated alkanes) is 1. The molecule has 0 aromatic rings. The van der Waals surface area contributed by atoms with Crippen LogP contribution in [-0.2, 0) is 4.74 Å². The van der Waals surface area contributed by atoms with Gasteiger partial charge in [0.25, 0.3) is 0 Å². The average Bonchev–Trinajstić information content (AvgIpc) is 2.30. The molecule has 0 rings (SSSR count). The van der Waals surface area contributed by atoms with Crippen LogP contribution < -0.4 is 0 Å². The molecule has 98 valence electrons. The first-order chi connectivity index (χ1) is 7.65. The molecule has 0 aliphatic rings. The third kappa shape index (κ3) is 7.20. The van der Waals surface area contributed by atoms with Gasteiger partial charge in [0.1, 0.15) is 0 Å². The molecule has 0 fully saturated rings. The van der Waals surface area contributed by atoms with Crippen molar-refractivity contribution in [1.82, 2.24) is 4.90 Å². The van der Waals surface area contributed by atoms with Gasteiger partial charge in [0.2, 0.25) is 0 Å². The highest BCUT2D eigenvalue weighted by Crippen LogP contribution is 2.07. The van der Waals surface area contributed by atoms with Crippen LogP contribution in [-0.4, -0.2) is 48.5 Å². The summed E-state index contributed by atoms with van der Waals surface area (Å²) < 4.78 is 5.24. The van der Waals surface area contributed by atoms with Crippen molar-refractivity contribution in [3.05, 3.63) is 0 Å². The number of nitrogens with zero attached hydrogens (tertiary/aromatic N) is 1. The summed E-state index contributed by atoms with van der Waals surface area (Å²) in [6.07, 6.45) is 3.18. The lowest BCUT2D eigenvalue weighted by molar-refractivity contribution is 0.0131. The van der Waals surface area contributed by atoms with Gasteiger partial charge in [-0.3, -0.25) is 4.90 Å². The van der Waals surface area contributed by atoms with Crippen LogP contribution in [0.1, 0.15) is 47.0 Å². The molecule has 0 saturated heterocycles. The summed E-state index contributed by atoms with van der Waals surface area (Å²) in [7, 11) is 0. The SMILES string of the molecule is CCCCN(CC(O)COCC)C(C)CC. The Kier molecular flexibility index (Phi) is 9.99. The van der Waals surface area contributed by atoms with Crippen LogP contribution in [0.3, 0.4) is 0 Å². The van der Waals surface area contributed by atoms with Crippen molar-refractivity contribution in [1.29, 1.82) is 0 Å². The molecule has 0 saturated carbocycles. The largest absolute Gasteiger partial charge is 0.389 e. The summed E-state index contributed by atoms with van der Waals surface area (Å²) >= 11 is 0. The molecule has 3 nitrogen and oxygen atoms in total. The Bertz CT molecular complexity index is 153. The minimum Gasteiger partial charge on any atom is -0.389 e. The van der Waals surface area contributed by atoms with Crippen LogP contribution in [0.2, 0.25) is 0 Å². The number of hydrogen-bond donors (Lipinski definition) is 1. The summed E-state index contributed by atoms with van der Waals surface area (Å²) in [5, 5.41) is 9.83. The van der Waals surface area contributed by atoms with Crippen molar-refractivity contribution >= 4 is 0 Å². The van der Waals surface area contributed by atoms with E-state index >= 15 is 0 Å². The number of aliphatic hydroxyl groups is 1. The highest BCUT2D eigenvalue weighted by Gasteiger charge is 2.15. The Labute approximate surface area is 101 Å². The lowest BCUT2D eigenvalue weighted by Gasteiger charge is -2.30. The van der Waals surface area contributed by atoms with E-state index in [2.05, 4.69) is 25.7 Å². The number of aliphatic hydroxyl groups excluding tert-OH is 1. The smallest absolute Gasteiger partial charge is 0.0900 e. The second-order valence-electron chi connectivity index (χ2n) is 4.42. The summed E-state index contributed by atoms with van der Waals surface area (Å²) in [4.78, 5) is 2.37. The van der Waals surface area contributed by atoms with E-state index in [0.29, 0.717) is 19.3 Å². The zero-order chi connectivity index (χ0) is 12.4. The van der Waals surface area contributed by atoms with Gasteiger partial charge in [-0.2, -0.15) is 0 Å².